The van der Waals surface area contributed by atoms with Gasteiger partial charge in [0.15, 0.2) is 5.78 Å². The second kappa shape index (κ2) is 5.68. The summed E-state index contributed by atoms with van der Waals surface area (Å²) in [6, 6.07) is 9.34. The Morgan fingerprint density at radius 3 is 2.79 bits per heavy atom. The Bertz CT molecular complexity index is 626. The van der Waals surface area contributed by atoms with E-state index < -0.39 is 0 Å². The third kappa shape index (κ3) is 3.01. The number of hydrogen-bond acceptors (Lipinski definition) is 4. The summed E-state index contributed by atoms with van der Waals surface area (Å²) in [6.07, 6.45) is 0. The maximum absolute atomic E-state index is 11.7. The van der Waals surface area contributed by atoms with Gasteiger partial charge in [0.25, 0.3) is 0 Å². The lowest BCUT2D eigenvalue weighted by Crippen LogP contribution is -2.18. The number of ketones is 1. The van der Waals surface area contributed by atoms with Gasteiger partial charge >= 0.3 is 0 Å². The van der Waals surface area contributed by atoms with Crippen LogP contribution in [0.25, 0.3) is 0 Å². The molecule has 19 heavy (non-hydrogen) atoms. The van der Waals surface area contributed by atoms with Crippen molar-refractivity contribution in [2.75, 3.05) is 11.9 Å². The van der Waals surface area contributed by atoms with Crippen LogP contribution in [0.4, 0.5) is 5.69 Å². The number of anilines is 1. The van der Waals surface area contributed by atoms with Crippen molar-refractivity contribution in [3.63, 3.8) is 0 Å². The van der Waals surface area contributed by atoms with Gasteiger partial charge in [-0.2, -0.15) is 16.6 Å². The van der Waals surface area contributed by atoms with Crippen LogP contribution >= 0.6 is 11.3 Å². The number of benzene rings is 1. The van der Waals surface area contributed by atoms with E-state index in [2.05, 4.69) is 17.5 Å². The molecule has 0 saturated carbocycles. The third-order valence-corrected chi connectivity index (χ3v) is 3.65. The van der Waals surface area contributed by atoms with Gasteiger partial charge in [-0.05, 0) is 47.5 Å². The SMILES string of the molecule is CC(=O)c1ccc(C#N)cc1N(C)Cc1ccsc1. The lowest BCUT2D eigenvalue weighted by molar-refractivity contribution is 0.101. The number of carbonyl (C=O) groups excluding carboxylic acids is 1. The second-order valence-electron chi connectivity index (χ2n) is 4.39. The zero-order valence-corrected chi connectivity index (χ0v) is 11.7. The number of nitrogens with zero attached hydrogens (tertiary/aromatic N) is 2. The topological polar surface area (TPSA) is 44.1 Å². The average Bonchev–Trinajstić information content (AvgIpc) is 2.90. The molecule has 0 aliphatic rings. The molecular weight excluding hydrogens is 256 g/mol. The molecule has 0 radical (unpaired) electrons. The standard InChI is InChI=1S/C15H14N2OS/c1-11(18)14-4-3-12(8-16)7-15(14)17(2)9-13-5-6-19-10-13/h3-7,10H,9H2,1-2H3. The van der Waals surface area contributed by atoms with Gasteiger partial charge in [-0.1, -0.05) is 0 Å². The van der Waals surface area contributed by atoms with E-state index in [4.69, 9.17) is 5.26 Å². The van der Waals surface area contributed by atoms with Crippen LogP contribution in [0.2, 0.25) is 0 Å². The largest absolute Gasteiger partial charge is 0.370 e. The van der Waals surface area contributed by atoms with E-state index in [-0.39, 0.29) is 5.78 Å². The van der Waals surface area contributed by atoms with E-state index in [1.54, 1.807) is 36.5 Å². The smallest absolute Gasteiger partial charge is 0.161 e. The van der Waals surface area contributed by atoms with Crippen LogP contribution in [-0.2, 0) is 6.54 Å². The molecule has 4 heteroatoms. The highest BCUT2D eigenvalue weighted by Gasteiger charge is 2.12. The molecule has 0 bridgehead atoms. The molecule has 1 heterocycles. The van der Waals surface area contributed by atoms with Crippen molar-refractivity contribution in [3.8, 4) is 6.07 Å². The summed E-state index contributed by atoms with van der Waals surface area (Å²) >= 11 is 1.65. The van der Waals surface area contributed by atoms with Crippen LogP contribution in [0.3, 0.4) is 0 Å². The molecule has 1 aromatic heterocycles. The predicted octanol–water partition coefficient (Wildman–Crippen LogP) is 3.46. The Kier molecular flexibility index (Phi) is 3.98. The van der Waals surface area contributed by atoms with Gasteiger partial charge in [-0.15, -0.1) is 0 Å². The van der Waals surface area contributed by atoms with E-state index in [0.29, 0.717) is 11.1 Å². The van der Waals surface area contributed by atoms with Gasteiger partial charge in [0.1, 0.15) is 0 Å². The zero-order valence-electron chi connectivity index (χ0n) is 10.9. The quantitative estimate of drug-likeness (QED) is 0.799. The van der Waals surface area contributed by atoms with Gasteiger partial charge < -0.3 is 4.90 Å². The molecule has 3 nitrogen and oxygen atoms in total. The fraction of sp³-hybridized carbons (Fsp3) is 0.200. The first-order chi connectivity index (χ1) is 9.11. The molecule has 2 rings (SSSR count). The highest BCUT2D eigenvalue weighted by Crippen LogP contribution is 2.24. The van der Waals surface area contributed by atoms with Crippen molar-refractivity contribution >= 4 is 22.8 Å². The number of Topliss-reactive ketones (excluding diaryl/α,β-unsaturated/α-hetero) is 1. The van der Waals surface area contributed by atoms with Crippen molar-refractivity contribution in [2.24, 2.45) is 0 Å². The molecule has 0 saturated heterocycles. The Hall–Kier alpha value is -2.12. The molecule has 0 aliphatic heterocycles. The van der Waals surface area contributed by atoms with E-state index in [9.17, 15) is 4.79 Å². The molecule has 0 amide bonds. The van der Waals surface area contributed by atoms with E-state index in [0.717, 1.165) is 12.2 Å². The Morgan fingerprint density at radius 1 is 1.42 bits per heavy atom. The first kappa shape index (κ1) is 13.3. The van der Waals surface area contributed by atoms with Gasteiger partial charge in [0, 0.05) is 24.8 Å². The number of thiophene rings is 1. The van der Waals surface area contributed by atoms with Gasteiger partial charge in [0.2, 0.25) is 0 Å². The Morgan fingerprint density at radius 2 is 2.21 bits per heavy atom. The Labute approximate surface area is 116 Å². The molecule has 0 aliphatic carbocycles. The van der Waals surface area contributed by atoms with Crippen LogP contribution in [0.1, 0.15) is 28.4 Å². The maximum Gasteiger partial charge on any atom is 0.161 e. The molecule has 1 aromatic carbocycles. The molecule has 0 unspecified atom stereocenters. The fourth-order valence-corrected chi connectivity index (χ4v) is 2.62. The lowest BCUT2D eigenvalue weighted by atomic mass is 10.1. The highest BCUT2D eigenvalue weighted by atomic mass is 32.1. The molecule has 0 fully saturated rings. The number of carbonyl (C=O) groups is 1. The van der Waals surface area contributed by atoms with Crippen LogP contribution in [0, 0.1) is 11.3 Å². The molecule has 0 atom stereocenters. The van der Waals surface area contributed by atoms with E-state index in [1.807, 2.05) is 17.3 Å². The van der Waals surface area contributed by atoms with Crippen molar-refractivity contribution in [2.45, 2.75) is 13.5 Å². The molecule has 2 aromatic rings. The maximum atomic E-state index is 11.7. The van der Waals surface area contributed by atoms with Crippen molar-refractivity contribution in [3.05, 3.63) is 51.7 Å². The average molecular weight is 270 g/mol. The van der Waals surface area contributed by atoms with Crippen molar-refractivity contribution in [1.29, 1.82) is 5.26 Å². The summed E-state index contributed by atoms with van der Waals surface area (Å²) in [5.74, 6) is 0.0108. The van der Waals surface area contributed by atoms with Crippen molar-refractivity contribution in [1.82, 2.24) is 0 Å². The number of nitriles is 1. The predicted molar refractivity (Wildman–Crippen MR) is 77.6 cm³/mol. The number of hydrogen-bond donors (Lipinski definition) is 0. The summed E-state index contributed by atoms with van der Waals surface area (Å²) < 4.78 is 0. The van der Waals surface area contributed by atoms with Crippen LogP contribution in [-0.4, -0.2) is 12.8 Å². The summed E-state index contributed by atoms with van der Waals surface area (Å²) in [7, 11) is 1.93. The summed E-state index contributed by atoms with van der Waals surface area (Å²) in [5, 5.41) is 13.1. The second-order valence-corrected chi connectivity index (χ2v) is 5.17. The van der Waals surface area contributed by atoms with Gasteiger partial charge in [-0.25, -0.2) is 0 Å². The normalized spacial score (nSPS) is 9.95. The van der Waals surface area contributed by atoms with Crippen LogP contribution < -0.4 is 4.90 Å². The van der Waals surface area contributed by atoms with Gasteiger partial charge in [-0.3, -0.25) is 4.79 Å². The van der Waals surface area contributed by atoms with Gasteiger partial charge in [0.05, 0.1) is 11.6 Å². The van der Waals surface area contributed by atoms with Crippen molar-refractivity contribution < 1.29 is 4.79 Å². The summed E-state index contributed by atoms with van der Waals surface area (Å²) in [4.78, 5) is 13.7. The minimum absolute atomic E-state index is 0.0108. The lowest BCUT2D eigenvalue weighted by Gasteiger charge is -2.21. The van der Waals surface area contributed by atoms with Crippen LogP contribution in [0.15, 0.2) is 35.0 Å². The minimum Gasteiger partial charge on any atom is -0.370 e. The first-order valence-electron chi connectivity index (χ1n) is 5.89. The van der Waals surface area contributed by atoms with Crippen LogP contribution in [0.5, 0.6) is 0 Å². The summed E-state index contributed by atoms with van der Waals surface area (Å²) in [5.41, 5.74) is 3.22. The first-order valence-corrected chi connectivity index (χ1v) is 6.83. The number of rotatable bonds is 4. The Balaban J connectivity index is 2.36. The van der Waals surface area contributed by atoms with E-state index in [1.165, 1.54) is 5.56 Å². The van der Waals surface area contributed by atoms with E-state index >= 15 is 0 Å². The summed E-state index contributed by atoms with van der Waals surface area (Å²) in [6.45, 7) is 2.27. The zero-order chi connectivity index (χ0) is 13.8. The minimum atomic E-state index is 0.0108. The monoisotopic (exact) mass is 270 g/mol. The highest BCUT2D eigenvalue weighted by molar-refractivity contribution is 7.07. The molecule has 0 N–H and O–H groups in total. The molecular formula is C15H14N2OS. The molecule has 96 valence electrons. The fourth-order valence-electron chi connectivity index (χ4n) is 1.96. The molecule has 0 spiro atoms. The third-order valence-electron chi connectivity index (χ3n) is 2.92.